The first kappa shape index (κ1) is 9.46. The molecule has 76 valence electrons. The van der Waals surface area contributed by atoms with Crippen molar-refractivity contribution in [2.24, 2.45) is 5.73 Å². The Balaban J connectivity index is 2.12. The Labute approximate surface area is 84.9 Å². The van der Waals surface area contributed by atoms with Crippen molar-refractivity contribution in [2.45, 2.75) is 25.8 Å². The van der Waals surface area contributed by atoms with Crippen LogP contribution in [0.3, 0.4) is 0 Å². The van der Waals surface area contributed by atoms with Crippen molar-refractivity contribution in [3.63, 3.8) is 0 Å². The van der Waals surface area contributed by atoms with E-state index in [0.717, 1.165) is 5.69 Å². The van der Waals surface area contributed by atoms with Crippen LogP contribution in [-0.4, -0.2) is 18.1 Å². The lowest BCUT2D eigenvalue weighted by molar-refractivity contribution is 0.779. The lowest BCUT2D eigenvalue weighted by Gasteiger charge is -2.17. The SMILES string of the molecule is CC(N)c1ccc(N2CCCC2)cn1. The zero-order chi connectivity index (χ0) is 9.97. The van der Waals surface area contributed by atoms with Crippen LogP contribution in [0.5, 0.6) is 0 Å². The summed E-state index contributed by atoms with van der Waals surface area (Å²) in [6, 6.07) is 4.18. The Morgan fingerprint density at radius 1 is 1.36 bits per heavy atom. The highest BCUT2D eigenvalue weighted by Crippen LogP contribution is 2.19. The largest absolute Gasteiger partial charge is 0.370 e. The Kier molecular flexibility index (Phi) is 2.68. The molecule has 1 aliphatic heterocycles. The third-order valence-corrected chi connectivity index (χ3v) is 2.71. The van der Waals surface area contributed by atoms with Gasteiger partial charge >= 0.3 is 0 Å². The third-order valence-electron chi connectivity index (χ3n) is 2.71. The molecular formula is C11H17N3. The van der Waals surface area contributed by atoms with E-state index in [2.05, 4.69) is 16.0 Å². The van der Waals surface area contributed by atoms with Gasteiger partial charge in [0.25, 0.3) is 0 Å². The second-order valence-corrected chi connectivity index (χ2v) is 3.92. The van der Waals surface area contributed by atoms with E-state index in [1.165, 1.54) is 31.6 Å². The number of hydrogen-bond donors (Lipinski definition) is 1. The van der Waals surface area contributed by atoms with Crippen molar-refractivity contribution in [3.8, 4) is 0 Å². The molecule has 1 unspecified atom stereocenters. The fourth-order valence-electron chi connectivity index (χ4n) is 1.83. The monoisotopic (exact) mass is 191 g/mol. The Morgan fingerprint density at radius 2 is 2.07 bits per heavy atom. The van der Waals surface area contributed by atoms with Gasteiger partial charge in [-0.1, -0.05) is 0 Å². The van der Waals surface area contributed by atoms with Crippen LogP contribution in [0.4, 0.5) is 5.69 Å². The summed E-state index contributed by atoms with van der Waals surface area (Å²) in [5.74, 6) is 0. The van der Waals surface area contributed by atoms with Crippen LogP contribution in [0.2, 0.25) is 0 Å². The van der Waals surface area contributed by atoms with Gasteiger partial charge in [0.15, 0.2) is 0 Å². The summed E-state index contributed by atoms with van der Waals surface area (Å²) in [7, 11) is 0. The lowest BCUT2D eigenvalue weighted by atomic mass is 10.2. The minimum atomic E-state index is 0.0302. The average Bonchev–Trinajstić information content (AvgIpc) is 2.71. The first-order valence-electron chi connectivity index (χ1n) is 5.24. The standard InChI is InChI=1S/C11H17N3/c1-9(12)11-5-4-10(8-13-11)14-6-2-3-7-14/h4-5,8-9H,2-3,6-7,12H2,1H3. The van der Waals surface area contributed by atoms with Crippen molar-refractivity contribution in [3.05, 3.63) is 24.0 Å². The first-order valence-corrected chi connectivity index (χ1v) is 5.24. The molecule has 0 amide bonds. The number of pyridine rings is 1. The van der Waals surface area contributed by atoms with E-state index < -0.39 is 0 Å². The quantitative estimate of drug-likeness (QED) is 0.773. The molecule has 0 bridgehead atoms. The number of rotatable bonds is 2. The summed E-state index contributed by atoms with van der Waals surface area (Å²) in [5, 5.41) is 0. The summed E-state index contributed by atoms with van der Waals surface area (Å²) in [5.41, 5.74) is 7.94. The number of aromatic nitrogens is 1. The summed E-state index contributed by atoms with van der Waals surface area (Å²) in [6.07, 6.45) is 4.54. The maximum atomic E-state index is 5.74. The van der Waals surface area contributed by atoms with Gasteiger partial charge in [0.2, 0.25) is 0 Å². The molecule has 1 aromatic heterocycles. The molecule has 1 fully saturated rings. The van der Waals surface area contributed by atoms with Gasteiger partial charge in [-0.05, 0) is 31.9 Å². The molecule has 2 heterocycles. The van der Waals surface area contributed by atoms with Crippen molar-refractivity contribution in [1.29, 1.82) is 0 Å². The van der Waals surface area contributed by atoms with Crippen LogP contribution in [0, 0.1) is 0 Å². The number of anilines is 1. The topological polar surface area (TPSA) is 42.1 Å². The van der Waals surface area contributed by atoms with E-state index in [1.807, 2.05) is 19.2 Å². The van der Waals surface area contributed by atoms with E-state index in [0.29, 0.717) is 0 Å². The molecule has 0 radical (unpaired) electrons. The third kappa shape index (κ3) is 1.87. The van der Waals surface area contributed by atoms with E-state index in [-0.39, 0.29) is 6.04 Å². The highest BCUT2D eigenvalue weighted by molar-refractivity contribution is 5.45. The van der Waals surface area contributed by atoms with Gasteiger partial charge in [0.1, 0.15) is 0 Å². The predicted molar refractivity (Wildman–Crippen MR) is 58.3 cm³/mol. The zero-order valence-corrected chi connectivity index (χ0v) is 8.61. The molecule has 0 saturated carbocycles. The Hall–Kier alpha value is -1.09. The molecule has 3 nitrogen and oxygen atoms in total. The maximum absolute atomic E-state index is 5.74. The second kappa shape index (κ2) is 3.96. The van der Waals surface area contributed by atoms with Crippen molar-refractivity contribution in [2.75, 3.05) is 18.0 Å². The molecule has 1 saturated heterocycles. The second-order valence-electron chi connectivity index (χ2n) is 3.92. The van der Waals surface area contributed by atoms with Crippen LogP contribution >= 0.6 is 0 Å². The van der Waals surface area contributed by atoms with Gasteiger partial charge in [-0.2, -0.15) is 0 Å². The van der Waals surface area contributed by atoms with Gasteiger partial charge in [0.05, 0.1) is 17.6 Å². The van der Waals surface area contributed by atoms with Gasteiger partial charge < -0.3 is 10.6 Å². The molecule has 14 heavy (non-hydrogen) atoms. The van der Waals surface area contributed by atoms with Gasteiger partial charge in [-0.25, -0.2) is 0 Å². The molecular weight excluding hydrogens is 174 g/mol. The average molecular weight is 191 g/mol. The molecule has 2 N–H and O–H groups in total. The molecule has 0 aromatic carbocycles. The number of nitrogens with two attached hydrogens (primary N) is 1. The van der Waals surface area contributed by atoms with Crippen LogP contribution in [0.25, 0.3) is 0 Å². The van der Waals surface area contributed by atoms with E-state index >= 15 is 0 Å². The summed E-state index contributed by atoms with van der Waals surface area (Å²) < 4.78 is 0. The molecule has 1 aliphatic rings. The van der Waals surface area contributed by atoms with Gasteiger partial charge in [-0.15, -0.1) is 0 Å². The van der Waals surface area contributed by atoms with Crippen LogP contribution in [-0.2, 0) is 0 Å². The van der Waals surface area contributed by atoms with Crippen LogP contribution in [0.1, 0.15) is 31.5 Å². The normalized spacial score (nSPS) is 18.6. The summed E-state index contributed by atoms with van der Waals surface area (Å²) in [6.45, 7) is 4.29. The number of hydrogen-bond acceptors (Lipinski definition) is 3. The van der Waals surface area contributed by atoms with E-state index in [1.54, 1.807) is 0 Å². The Morgan fingerprint density at radius 3 is 2.57 bits per heavy atom. The fraction of sp³-hybridized carbons (Fsp3) is 0.545. The zero-order valence-electron chi connectivity index (χ0n) is 8.61. The molecule has 2 rings (SSSR count). The lowest BCUT2D eigenvalue weighted by Crippen LogP contribution is -2.18. The predicted octanol–water partition coefficient (Wildman–Crippen LogP) is 1.70. The molecule has 1 aromatic rings. The molecule has 0 aliphatic carbocycles. The van der Waals surface area contributed by atoms with Crippen molar-refractivity contribution >= 4 is 5.69 Å². The van der Waals surface area contributed by atoms with Gasteiger partial charge in [-0.3, -0.25) is 4.98 Å². The van der Waals surface area contributed by atoms with Crippen LogP contribution in [0.15, 0.2) is 18.3 Å². The van der Waals surface area contributed by atoms with E-state index in [9.17, 15) is 0 Å². The van der Waals surface area contributed by atoms with Crippen molar-refractivity contribution in [1.82, 2.24) is 4.98 Å². The molecule has 1 atom stereocenters. The fourth-order valence-corrected chi connectivity index (χ4v) is 1.83. The number of nitrogens with zero attached hydrogens (tertiary/aromatic N) is 2. The first-order chi connectivity index (χ1) is 6.77. The maximum Gasteiger partial charge on any atom is 0.0569 e. The highest BCUT2D eigenvalue weighted by atomic mass is 15.1. The minimum Gasteiger partial charge on any atom is -0.370 e. The summed E-state index contributed by atoms with van der Waals surface area (Å²) in [4.78, 5) is 6.73. The molecule has 0 spiro atoms. The van der Waals surface area contributed by atoms with Gasteiger partial charge in [0, 0.05) is 19.1 Å². The smallest absolute Gasteiger partial charge is 0.0569 e. The molecule has 3 heteroatoms. The van der Waals surface area contributed by atoms with Crippen molar-refractivity contribution < 1.29 is 0 Å². The van der Waals surface area contributed by atoms with E-state index in [4.69, 9.17) is 5.73 Å². The summed E-state index contributed by atoms with van der Waals surface area (Å²) >= 11 is 0. The van der Waals surface area contributed by atoms with Crippen LogP contribution < -0.4 is 10.6 Å². The Bertz CT molecular complexity index is 286. The minimum absolute atomic E-state index is 0.0302. The highest BCUT2D eigenvalue weighted by Gasteiger charge is 2.12.